The molecule has 1 saturated heterocycles. The quantitative estimate of drug-likeness (QED) is 0.694. The first-order valence-electron chi connectivity index (χ1n) is 9.01. The summed E-state index contributed by atoms with van der Waals surface area (Å²) >= 11 is 0. The molecule has 1 aromatic carbocycles. The Kier molecular flexibility index (Phi) is 5.78. The van der Waals surface area contributed by atoms with Gasteiger partial charge in [0.15, 0.2) is 9.84 Å². The van der Waals surface area contributed by atoms with Crippen molar-refractivity contribution in [3.8, 4) is 0 Å². The SMILES string of the molecule is CCN(CC(=O)NC1CCS(=O)(=O)C1)C(=O)Cn1ncc(=O)c2ccccc21. The van der Waals surface area contributed by atoms with Crippen molar-refractivity contribution in [1.82, 2.24) is 20.0 Å². The fourth-order valence-corrected chi connectivity index (χ4v) is 4.92. The first-order chi connectivity index (χ1) is 13.3. The molecule has 150 valence electrons. The van der Waals surface area contributed by atoms with Crippen molar-refractivity contribution in [3.05, 3.63) is 40.7 Å². The van der Waals surface area contributed by atoms with Crippen LogP contribution >= 0.6 is 0 Å². The van der Waals surface area contributed by atoms with Crippen LogP contribution in [0.5, 0.6) is 0 Å². The molecule has 0 aliphatic carbocycles. The zero-order chi connectivity index (χ0) is 20.3. The molecule has 10 heteroatoms. The van der Waals surface area contributed by atoms with Gasteiger partial charge >= 0.3 is 0 Å². The van der Waals surface area contributed by atoms with E-state index in [0.717, 1.165) is 0 Å². The number of hydrogen-bond acceptors (Lipinski definition) is 6. The van der Waals surface area contributed by atoms with Crippen LogP contribution in [0.2, 0.25) is 0 Å². The highest BCUT2D eigenvalue weighted by atomic mass is 32.2. The number of para-hydroxylation sites is 1. The molecule has 3 rings (SSSR count). The maximum absolute atomic E-state index is 12.7. The van der Waals surface area contributed by atoms with Crippen molar-refractivity contribution in [1.29, 1.82) is 0 Å². The van der Waals surface area contributed by atoms with Crippen LogP contribution in [-0.2, 0) is 26.0 Å². The van der Waals surface area contributed by atoms with Crippen molar-refractivity contribution in [2.24, 2.45) is 0 Å². The third-order valence-electron chi connectivity index (χ3n) is 4.71. The largest absolute Gasteiger partial charge is 0.351 e. The molecule has 1 unspecified atom stereocenters. The number of nitrogens with zero attached hydrogens (tertiary/aromatic N) is 3. The number of carbonyl (C=O) groups excluding carboxylic acids is 2. The predicted octanol–water partition coefficient (Wildman–Crippen LogP) is -0.452. The number of fused-ring (bicyclic) bond motifs is 1. The average Bonchev–Trinajstić information content (AvgIpc) is 3.00. The Bertz CT molecular complexity index is 1060. The van der Waals surface area contributed by atoms with Crippen LogP contribution in [0.15, 0.2) is 35.3 Å². The summed E-state index contributed by atoms with van der Waals surface area (Å²) in [5.41, 5.74) is 0.317. The lowest BCUT2D eigenvalue weighted by Gasteiger charge is -2.22. The second-order valence-electron chi connectivity index (χ2n) is 6.76. The van der Waals surface area contributed by atoms with Gasteiger partial charge in [0.2, 0.25) is 17.2 Å². The molecule has 1 aromatic heterocycles. The van der Waals surface area contributed by atoms with Gasteiger partial charge in [0, 0.05) is 18.0 Å². The van der Waals surface area contributed by atoms with Crippen molar-refractivity contribution in [3.63, 3.8) is 0 Å². The summed E-state index contributed by atoms with van der Waals surface area (Å²) in [5, 5.41) is 7.18. The van der Waals surface area contributed by atoms with Crippen LogP contribution in [0, 0.1) is 0 Å². The molecule has 1 aliphatic rings. The number of benzene rings is 1. The summed E-state index contributed by atoms with van der Waals surface area (Å²) < 4.78 is 24.4. The first-order valence-corrected chi connectivity index (χ1v) is 10.8. The number of likely N-dealkylation sites (N-methyl/N-ethyl adjacent to an activating group) is 1. The maximum atomic E-state index is 12.7. The Balaban J connectivity index is 1.66. The summed E-state index contributed by atoms with van der Waals surface area (Å²) in [5.74, 6) is -0.709. The fourth-order valence-electron chi connectivity index (χ4n) is 3.25. The Hall–Kier alpha value is -2.75. The van der Waals surface area contributed by atoms with Gasteiger partial charge in [0.1, 0.15) is 6.54 Å². The van der Waals surface area contributed by atoms with Gasteiger partial charge in [-0.15, -0.1) is 0 Å². The summed E-state index contributed by atoms with van der Waals surface area (Å²) in [6, 6.07) is 6.46. The van der Waals surface area contributed by atoms with E-state index in [1.165, 1.54) is 15.8 Å². The molecule has 1 aliphatic heterocycles. The van der Waals surface area contributed by atoms with Crippen molar-refractivity contribution < 1.29 is 18.0 Å². The normalized spacial score (nSPS) is 18.1. The summed E-state index contributed by atoms with van der Waals surface area (Å²) in [7, 11) is -3.09. The van der Waals surface area contributed by atoms with Crippen LogP contribution in [-0.4, -0.2) is 65.5 Å². The Morgan fingerprint density at radius 1 is 1.32 bits per heavy atom. The van der Waals surface area contributed by atoms with E-state index in [-0.39, 0.29) is 35.9 Å². The summed E-state index contributed by atoms with van der Waals surface area (Å²) in [4.78, 5) is 38.2. The van der Waals surface area contributed by atoms with Crippen molar-refractivity contribution in [2.75, 3.05) is 24.6 Å². The number of sulfone groups is 1. The van der Waals surface area contributed by atoms with Crippen LogP contribution in [0.3, 0.4) is 0 Å². The highest BCUT2D eigenvalue weighted by Crippen LogP contribution is 2.11. The van der Waals surface area contributed by atoms with E-state index in [9.17, 15) is 22.8 Å². The van der Waals surface area contributed by atoms with Crippen LogP contribution in [0.4, 0.5) is 0 Å². The number of hydrogen-bond donors (Lipinski definition) is 1. The third kappa shape index (κ3) is 4.56. The molecule has 0 saturated carbocycles. The minimum absolute atomic E-state index is 0.0634. The molecule has 0 spiro atoms. The molecule has 1 atom stereocenters. The van der Waals surface area contributed by atoms with Gasteiger partial charge in [-0.05, 0) is 25.5 Å². The molecular formula is C18H22N4O5S. The molecule has 0 radical (unpaired) electrons. The zero-order valence-electron chi connectivity index (χ0n) is 15.5. The Morgan fingerprint density at radius 2 is 2.07 bits per heavy atom. The highest BCUT2D eigenvalue weighted by molar-refractivity contribution is 7.91. The van der Waals surface area contributed by atoms with Gasteiger partial charge in [-0.2, -0.15) is 5.10 Å². The van der Waals surface area contributed by atoms with E-state index in [4.69, 9.17) is 0 Å². The molecule has 2 amide bonds. The van der Waals surface area contributed by atoms with E-state index in [0.29, 0.717) is 23.9 Å². The Labute approximate surface area is 162 Å². The number of amides is 2. The molecule has 1 N–H and O–H groups in total. The topological polar surface area (TPSA) is 118 Å². The lowest BCUT2D eigenvalue weighted by Crippen LogP contribution is -2.45. The fraction of sp³-hybridized carbons (Fsp3) is 0.444. The van der Waals surface area contributed by atoms with Gasteiger partial charge in [0.25, 0.3) is 0 Å². The van der Waals surface area contributed by atoms with E-state index < -0.39 is 21.8 Å². The van der Waals surface area contributed by atoms with Gasteiger partial charge in [-0.1, -0.05) is 12.1 Å². The molecule has 2 heterocycles. The van der Waals surface area contributed by atoms with Crippen molar-refractivity contribution in [2.45, 2.75) is 25.9 Å². The highest BCUT2D eigenvalue weighted by Gasteiger charge is 2.29. The lowest BCUT2D eigenvalue weighted by atomic mass is 10.2. The second-order valence-corrected chi connectivity index (χ2v) is 8.99. The van der Waals surface area contributed by atoms with Crippen LogP contribution in [0.25, 0.3) is 10.9 Å². The zero-order valence-corrected chi connectivity index (χ0v) is 16.3. The van der Waals surface area contributed by atoms with E-state index in [2.05, 4.69) is 10.4 Å². The monoisotopic (exact) mass is 406 g/mol. The number of rotatable bonds is 6. The minimum Gasteiger partial charge on any atom is -0.351 e. The molecule has 9 nitrogen and oxygen atoms in total. The summed E-state index contributed by atoms with van der Waals surface area (Å²) in [6.45, 7) is 1.79. The first kappa shape index (κ1) is 20.0. The number of nitrogens with one attached hydrogen (secondary N) is 1. The molecule has 1 fully saturated rings. The summed E-state index contributed by atoms with van der Waals surface area (Å²) in [6.07, 6.45) is 1.56. The van der Waals surface area contributed by atoms with Crippen LogP contribution in [0.1, 0.15) is 13.3 Å². The van der Waals surface area contributed by atoms with Gasteiger partial charge in [0.05, 0.1) is 29.8 Å². The molecule has 0 bridgehead atoms. The standard InChI is InChI=1S/C18H22N4O5S/c1-2-21(10-17(24)20-13-7-8-28(26,27)12-13)18(25)11-22-15-6-4-3-5-14(15)16(23)9-19-22/h3-6,9,13H,2,7-8,10-12H2,1H3,(H,20,24). The molecule has 28 heavy (non-hydrogen) atoms. The van der Waals surface area contributed by atoms with Crippen LogP contribution < -0.4 is 10.7 Å². The van der Waals surface area contributed by atoms with Gasteiger partial charge < -0.3 is 10.2 Å². The molecular weight excluding hydrogens is 384 g/mol. The number of aromatic nitrogens is 2. The lowest BCUT2D eigenvalue weighted by molar-refractivity contribution is -0.136. The third-order valence-corrected chi connectivity index (χ3v) is 6.48. The van der Waals surface area contributed by atoms with Crippen molar-refractivity contribution >= 4 is 32.6 Å². The predicted molar refractivity (Wildman–Crippen MR) is 103 cm³/mol. The molecule has 2 aromatic rings. The number of carbonyl (C=O) groups is 2. The second kappa shape index (κ2) is 8.09. The minimum atomic E-state index is -3.09. The Morgan fingerprint density at radius 3 is 2.75 bits per heavy atom. The average molecular weight is 406 g/mol. The maximum Gasteiger partial charge on any atom is 0.244 e. The van der Waals surface area contributed by atoms with Gasteiger partial charge in [-0.3, -0.25) is 19.1 Å². The van der Waals surface area contributed by atoms with E-state index in [1.54, 1.807) is 31.2 Å². The van der Waals surface area contributed by atoms with E-state index >= 15 is 0 Å². The van der Waals surface area contributed by atoms with E-state index in [1.807, 2.05) is 0 Å². The smallest absolute Gasteiger partial charge is 0.244 e. The van der Waals surface area contributed by atoms with Gasteiger partial charge in [-0.25, -0.2) is 8.42 Å².